The molecule has 8 heteroatoms. The zero-order valence-corrected chi connectivity index (χ0v) is 15.0. The lowest BCUT2D eigenvalue weighted by molar-refractivity contribution is -0.129. The summed E-state index contributed by atoms with van der Waals surface area (Å²) in [6.45, 7) is 0.546. The van der Waals surface area contributed by atoms with Gasteiger partial charge in [0.25, 0.3) is 0 Å². The summed E-state index contributed by atoms with van der Waals surface area (Å²) in [6, 6.07) is 9.95. The van der Waals surface area contributed by atoms with E-state index in [1.165, 1.54) is 12.1 Å². The van der Waals surface area contributed by atoms with E-state index in [9.17, 15) is 13.2 Å². The molecule has 0 fully saturated rings. The largest absolute Gasteiger partial charge is 0.340 e. The van der Waals surface area contributed by atoms with Crippen molar-refractivity contribution >= 4 is 43.2 Å². The maximum absolute atomic E-state index is 12.2. The molecule has 2 N–H and O–H groups in total. The molecule has 0 aliphatic carbocycles. The third-order valence-corrected chi connectivity index (χ3v) is 5.59. The minimum Gasteiger partial charge on any atom is -0.340 e. The number of carbonyl (C=O) groups is 1. The molecule has 1 amide bonds. The molecule has 0 unspecified atom stereocenters. The first kappa shape index (κ1) is 17.1. The highest BCUT2D eigenvalue weighted by Gasteiger charge is 2.12. The summed E-state index contributed by atoms with van der Waals surface area (Å²) in [7, 11) is -1.96. The minimum absolute atomic E-state index is 0.0344. The molecule has 1 heterocycles. The molecular weight excluding hydrogens is 388 g/mol. The number of thiophene rings is 1. The highest BCUT2D eigenvalue weighted by atomic mass is 79.9. The topological polar surface area (TPSA) is 80.5 Å². The van der Waals surface area contributed by atoms with Crippen LogP contribution in [-0.2, 0) is 27.8 Å². The van der Waals surface area contributed by atoms with Gasteiger partial charge in [-0.05, 0) is 45.8 Å². The first-order valence-electron chi connectivity index (χ1n) is 6.35. The van der Waals surface area contributed by atoms with Crippen molar-refractivity contribution in [3.05, 3.63) is 50.6 Å². The van der Waals surface area contributed by atoms with E-state index in [1.54, 1.807) is 35.4 Å². The number of hydrogen-bond acceptors (Lipinski definition) is 4. The number of likely N-dealkylation sites (N-methyl/N-ethyl adjacent to an activating group) is 1. The first-order chi connectivity index (χ1) is 10.3. The van der Waals surface area contributed by atoms with Crippen LogP contribution in [0.4, 0.5) is 0 Å². The fraction of sp³-hybridized carbons (Fsp3) is 0.214. The summed E-state index contributed by atoms with van der Waals surface area (Å²) >= 11 is 4.98. The van der Waals surface area contributed by atoms with Crippen LogP contribution in [0.5, 0.6) is 0 Å². The van der Waals surface area contributed by atoms with Gasteiger partial charge in [0.05, 0.1) is 21.6 Å². The lowest BCUT2D eigenvalue weighted by atomic mass is 10.1. The Kier molecular flexibility index (Phi) is 5.38. The predicted molar refractivity (Wildman–Crippen MR) is 90.0 cm³/mol. The van der Waals surface area contributed by atoms with Crippen LogP contribution in [0.3, 0.4) is 0 Å². The van der Waals surface area contributed by atoms with Gasteiger partial charge in [-0.15, -0.1) is 11.3 Å². The molecule has 1 aromatic heterocycles. The number of nitrogens with two attached hydrogens (primary N) is 1. The minimum atomic E-state index is -3.70. The van der Waals surface area contributed by atoms with Crippen LogP contribution in [0, 0.1) is 0 Å². The maximum atomic E-state index is 12.2. The van der Waals surface area contributed by atoms with Crippen LogP contribution in [0.25, 0.3) is 0 Å². The molecule has 0 saturated carbocycles. The first-order valence-corrected chi connectivity index (χ1v) is 9.51. The Hall–Kier alpha value is -1.22. The molecule has 1 aromatic carbocycles. The van der Waals surface area contributed by atoms with E-state index >= 15 is 0 Å². The van der Waals surface area contributed by atoms with Gasteiger partial charge in [-0.2, -0.15) is 0 Å². The van der Waals surface area contributed by atoms with Crippen LogP contribution in [0.2, 0.25) is 0 Å². The van der Waals surface area contributed by atoms with Crippen molar-refractivity contribution in [1.82, 2.24) is 4.90 Å². The van der Waals surface area contributed by atoms with Crippen LogP contribution in [-0.4, -0.2) is 26.3 Å². The SMILES string of the molecule is CN(Cc1ccc(Br)s1)C(=O)Cc1ccc(S(N)(=O)=O)cc1. The molecule has 0 atom stereocenters. The Labute approximate surface area is 141 Å². The third-order valence-electron chi connectivity index (χ3n) is 3.05. The number of sulfonamides is 1. The molecule has 118 valence electrons. The van der Waals surface area contributed by atoms with Gasteiger partial charge in [0.15, 0.2) is 0 Å². The lowest BCUT2D eigenvalue weighted by Crippen LogP contribution is -2.27. The number of halogens is 1. The van der Waals surface area contributed by atoms with Crippen LogP contribution >= 0.6 is 27.3 Å². The van der Waals surface area contributed by atoms with Crippen molar-refractivity contribution < 1.29 is 13.2 Å². The smallest absolute Gasteiger partial charge is 0.238 e. The molecule has 0 bridgehead atoms. The number of amides is 1. The van der Waals surface area contributed by atoms with Gasteiger partial charge in [-0.1, -0.05) is 12.1 Å². The summed E-state index contributed by atoms with van der Waals surface area (Å²) in [5.74, 6) is -0.0344. The van der Waals surface area contributed by atoms with Gasteiger partial charge in [0.2, 0.25) is 15.9 Å². The highest BCUT2D eigenvalue weighted by molar-refractivity contribution is 9.11. The number of hydrogen-bond donors (Lipinski definition) is 1. The summed E-state index contributed by atoms with van der Waals surface area (Å²) in [4.78, 5) is 15.0. The van der Waals surface area contributed by atoms with Crippen molar-refractivity contribution in [2.24, 2.45) is 5.14 Å². The molecular formula is C14H15BrN2O3S2. The van der Waals surface area contributed by atoms with E-state index < -0.39 is 10.0 Å². The van der Waals surface area contributed by atoms with E-state index in [2.05, 4.69) is 15.9 Å². The number of benzene rings is 1. The molecule has 0 spiro atoms. The second kappa shape index (κ2) is 6.91. The van der Waals surface area contributed by atoms with Gasteiger partial charge in [0, 0.05) is 11.9 Å². The maximum Gasteiger partial charge on any atom is 0.238 e. The van der Waals surface area contributed by atoms with Crippen LogP contribution < -0.4 is 5.14 Å². The predicted octanol–water partition coefficient (Wildman–Crippen LogP) is 2.36. The average Bonchev–Trinajstić information content (AvgIpc) is 2.83. The lowest BCUT2D eigenvalue weighted by Gasteiger charge is -2.16. The Balaban J connectivity index is 1.99. The number of carbonyl (C=O) groups excluding carboxylic acids is 1. The van der Waals surface area contributed by atoms with Crippen molar-refractivity contribution in [2.45, 2.75) is 17.9 Å². The third kappa shape index (κ3) is 4.64. The summed E-state index contributed by atoms with van der Waals surface area (Å²) in [5, 5.41) is 5.04. The molecule has 0 aliphatic rings. The van der Waals surface area contributed by atoms with E-state index in [0.29, 0.717) is 6.54 Å². The van der Waals surface area contributed by atoms with Gasteiger partial charge < -0.3 is 4.90 Å². The molecule has 5 nitrogen and oxygen atoms in total. The van der Waals surface area contributed by atoms with Crippen LogP contribution in [0.1, 0.15) is 10.4 Å². The second-order valence-electron chi connectivity index (χ2n) is 4.82. The highest BCUT2D eigenvalue weighted by Crippen LogP contribution is 2.23. The Bertz CT molecular complexity index is 770. The van der Waals surface area contributed by atoms with Crippen molar-refractivity contribution in [3.8, 4) is 0 Å². The fourth-order valence-corrected chi connectivity index (χ4v) is 3.92. The van der Waals surface area contributed by atoms with Crippen LogP contribution in [0.15, 0.2) is 45.1 Å². The second-order valence-corrected chi connectivity index (χ2v) is 8.93. The van der Waals surface area contributed by atoms with Crippen molar-refractivity contribution in [2.75, 3.05) is 7.05 Å². The number of rotatable bonds is 5. The number of primary sulfonamides is 1. The summed E-state index contributed by atoms with van der Waals surface area (Å²) in [5.41, 5.74) is 0.747. The standard InChI is InChI=1S/C14H15BrN2O3S2/c1-17(9-11-4-7-13(15)21-11)14(18)8-10-2-5-12(6-3-10)22(16,19)20/h2-7H,8-9H2,1H3,(H2,16,19,20). The molecule has 0 aliphatic heterocycles. The quantitative estimate of drug-likeness (QED) is 0.832. The molecule has 2 rings (SSSR count). The van der Waals surface area contributed by atoms with Gasteiger partial charge in [-0.3, -0.25) is 4.79 Å². The summed E-state index contributed by atoms with van der Waals surface area (Å²) in [6.07, 6.45) is 0.216. The van der Waals surface area contributed by atoms with E-state index in [-0.39, 0.29) is 17.2 Å². The zero-order valence-electron chi connectivity index (χ0n) is 11.8. The molecule has 0 radical (unpaired) electrons. The van der Waals surface area contributed by atoms with Gasteiger partial charge in [0.1, 0.15) is 0 Å². The number of nitrogens with zero attached hydrogens (tertiary/aromatic N) is 1. The Morgan fingerprint density at radius 2 is 1.86 bits per heavy atom. The summed E-state index contributed by atoms with van der Waals surface area (Å²) < 4.78 is 23.4. The average molecular weight is 403 g/mol. The zero-order chi connectivity index (χ0) is 16.3. The van der Waals surface area contributed by atoms with E-state index in [0.717, 1.165) is 14.2 Å². The molecule has 22 heavy (non-hydrogen) atoms. The van der Waals surface area contributed by atoms with Gasteiger partial charge in [-0.25, -0.2) is 13.6 Å². The Morgan fingerprint density at radius 3 is 2.36 bits per heavy atom. The monoisotopic (exact) mass is 402 g/mol. The Morgan fingerprint density at radius 1 is 1.23 bits per heavy atom. The van der Waals surface area contributed by atoms with E-state index in [1.807, 2.05) is 12.1 Å². The molecule has 0 saturated heterocycles. The van der Waals surface area contributed by atoms with Gasteiger partial charge >= 0.3 is 0 Å². The molecule has 2 aromatic rings. The normalized spacial score (nSPS) is 11.4. The van der Waals surface area contributed by atoms with Crippen molar-refractivity contribution in [3.63, 3.8) is 0 Å². The van der Waals surface area contributed by atoms with Crippen molar-refractivity contribution in [1.29, 1.82) is 0 Å². The van der Waals surface area contributed by atoms with E-state index in [4.69, 9.17) is 5.14 Å². The fourth-order valence-electron chi connectivity index (χ4n) is 1.87.